The molecule has 0 unspecified atom stereocenters. The first-order valence-corrected chi connectivity index (χ1v) is 8.01. The predicted molar refractivity (Wildman–Crippen MR) is 95.9 cm³/mol. The molecule has 0 amide bonds. The van der Waals surface area contributed by atoms with Crippen LogP contribution in [0.25, 0.3) is 11.4 Å². The third-order valence-corrected chi connectivity index (χ3v) is 4.82. The lowest BCUT2D eigenvalue weighted by Gasteiger charge is -2.38. The molecular formula is C19H20ClN3O. The van der Waals surface area contributed by atoms with E-state index in [1.54, 1.807) is 0 Å². The molecule has 0 saturated heterocycles. The van der Waals surface area contributed by atoms with Gasteiger partial charge < -0.3 is 10.3 Å². The lowest BCUT2D eigenvalue weighted by atomic mass is 9.64. The van der Waals surface area contributed by atoms with E-state index in [-0.39, 0.29) is 17.8 Å². The number of halogens is 1. The molecule has 0 aliphatic heterocycles. The van der Waals surface area contributed by atoms with Crippen LogP contribution in [-0.2, 0) is 12.0 Å². The predicted octanol–water partition coefficient (Wildman–Crippen LogP) is 4.09. The molecule has 0 spiro atoms. The summed E-state index contributed by atoms with van der Waals surface area (Å²) in [5, 5.41) is 4.20. The molecule has 1 aliphatic carbocycles. The van der Waals surface area contributed by atoms with Crippen LogP contribution < -0.4 is 5.73 Å². The van der Waals surface area contributed by atoms with Crippen molar-refractivity contribution in [1.82, 2.24) is 10.1 Å². The van der Waals surface area contributed by atoms with E-state index in [2.05, 4.69) is 29.4 Å². The standard InChI is InChI=1S/C19H19N3O.ClH/c20-13-14-7-9-15(10-8-14)17-21-18(23-22-17)19(11-4-12-19)16-5-2-1-3-6-16;/h1-3,5-10H,4,11-13,20H2;1H. The Hall–Kier alpha value is -2.17. The van der Waals surface area contributed by atoms with Crippen LogP contribution in [0.3, 0.4) is 0 Å². The van der Waals surface area contributed by atoms with Crippen LogP contribution in [0.4, 0.5) is 0 Å². The zero-order valence-electron chi connectivity index (χ0n) is 13.3. The fourth-order valence-electron chi connectivity index (χ4n) is 3.24. The fourth-order valence-corrected chi connectivity index (χ4v) is 3.24. The summed E-state index contributed by atoms with van der Waals surface area (Å²) in [6.45, 7) is 0.537. The van der Waals surface area contributed by atoms with Crippen LogP contribution in [0.15, 0.2) is 59.1 Å². The SMILES string of the molecule is Cl.NCc1ccc(-c2noc(C3(c4ccccc4)CCC3)n2)cc1. The number of nitrogens with zero attached hydrogens (tertiary/aromatic N) is 2. The second-order valence-corrected chi connectivity index (χ2v) is 6.13. The minimum atomic E-state index is -0.107. The largest absolute Gasteiger partial charge is 0.338 e. The molecule has 0 radical (unpaired) electrons. The van der Waals surface area contributed by atoms with Gasteiger partial charge in [0.2, 0.25) is 11.7 Å². The first kappa shape index (κ1) is 16.7. The molecule has 1 aliphatic rings. The van der Waals surface area contributed by atoms with Crippen molar-refractivity contribution >= 4 is 12.4 Å². The van der Waals surface area contributed by atoms with E-state index >= 15 is 0 Å². The quantitative estimate of drug-likeness (QED) is 0.776. The molecule has 4 rings (SSSR count). The van der Waals surface area contributed by atoms with Gasteiger partial charge in [0.25, 0.3) is 0 Å². The summed E-state index contributed by atoms with van der Waals surface area (Å²) in [7, 11) is 0. The molecule has 2 aromatic carbocycles. The van der Waals surface area contributed by atoms with Crippen LogP contribution in [0.1, 0.15) is 36.3 Å². The molecular weight excluding hydrogens is 322 g/mol. The first-order chi connectivity index (χ1) is 11.3. The highest BCUT2D eigenvalue weighted by atomic mass is 35.5. The van der Waals surface area contributed by atoms with E-state index in [9.17, 15) is 0 Å². The second kappa shape index (κ2) is 6.75. The van der Waals surface area contributed by atoms with Gasteiger partial charge in [0.1, 0.15) is 0 Å². The lowest BCUT2D eigenvalue weighted by molar-refractivity contribution is 0.216. The van der Waals surface area contributed by atoms with Crippen molar-refractivity contribution in [3.63, 3.8) is 0 Å². The molecule has 5 heteroatoms. The van der Waals surface area contributed by atoms with Crippen molar-refractivity contribution < 1.29 is 4.52 Å². The molecule has 3 aromatic rings. The molecule has 124 valence electrons. The maximum atomic E-state index is 5.65. The molecule has 2 N–H and O–H groups in total. The number of hydrogen-bond acceptors (Lipinski definition) is 4. The van der Waals surface area contributed by atoms with Gasteiger partial charge in [-0.3, -0.25) is 0 Å². The highest BCUT2D eigenvalue weighted by molar-refractivity contribution is 5.85. The summed E-state index contributed by atoms with van der Waals surface area (Å²) in [4.78, 5) is 4.70. The minimum absolute atomic E-state index is 0. The number of rotatable bonds is 4. The van der Waals surface area contributed by atoms with Gasteiger partial charge in [-0.05, 0) is 24.0 Å². The summed E-state index contributed by atoms with van der Waals surface area (Å²) >= 11 is 0. The topological polar surface area (TPSA) is 64.9 Å². The maximum Gasteiger partial charge on any atom is 0.237 e. The summed E-state index contributed by atoms with van der Waals surface area (Å²) < 4.78 is 5.65. The fraction of sp³-hybridized carbons (Fsp3) is 0.263. The van der Waals surface area contributed by atoms with E-state index in [1.165, 1.54) is 12.0 Å². The van der Waals surface area contributed by atoms with Crippen molar-refractivity contribution in [2.45, 2.75) is 31.2 Å². The molecule has 1 saturated carbocycles. The van der Waals surface area contributed by atoms with E-state index in [1.807, 2.05) is 30.3 Å². The smallest absolute Gasteiger partial charge is 0.237 e. The average Bonchev–Trinajstić information content (AvgIpc) is 3.05. The van der Waals surface area contributed by atoms with E-state index in [0.717, 1.165) is 29.9 Å². The van der Waals surface area contributed by atoms with E-state index in [4.69, 9.17) is 15.2 Å². The number of aromatic nitrogens is 2. The van der Waals surface area contributed by atoms with Crippen molar-refractivity contribution in [3.05, 3.63) is 71.6 Å². The number of hydrogen-bond donors (Lipinski definition) is 1. The molecule has 1 fully saturated rings. The van der Waals surface area contributed by atoms with Gasteiger partial charge in [-0.25, -0.2) is 0 Å². The maximum absolute atomic E-state index is 5.65. The van der Waals surface area contributed by atoms with Crippen molar-refractivity contribution in [1.29, 1.82) is 0 Å². The Kier molecular flexibility index (Phi) is 4.69. The van der Waals surface area contributed by atoms with Gasteiger partial charge >= 0.3 is 0 Å². The van der Waals surface area contributed by atoms with E-state index < -0.39 is 0 Å². The molecule has 1 heterocycles. The summed E-state index contributed by atoms with van der Waals surface area (Å²) in [6.07, 6.45) is 3.31. The van der Waals surface area contributed by atoms with Crippen LogP contribution in [0, 0.1) is 0 Å². The molecule has 4 nitrogen and oxygen atoms in total. The summed E-state index contributed by atoms with van der Waals surface area (Å²) in [5.74, 6) is 1.37. The van der Waals surface area contributed by atoms with Gasteiger partial charge in [0, 0.05) is 12.1 Å². The molecule has 0 bridgehead atoms. The summed E-state index contributed by atoms with van der Waals surface area (Å²) in [6, 6.07) is 18.5. The average molecular weight is 342 g/mol. The Morgan fingerprint density at radius 1 is 1.00 bits per heavy atom. The minimum Gasteiger partial charge on any atom is -0.338 e. The van der Waals surface area contributed by atoms with Crippen molar-refractivity contribution in [2.24, 2.45) is 5.73 Å². The molecule has 1 aromatic heterocycles. The Bertz CT molecular complexity index is 795. The number of benzene rings is 2. The van der Waals surface area contributed by atoms with Crippen molar-refractivity contribution in [3.8, 4) is 11.4 Å². The second-order valence-electron chi connectivity index (χ2n) is 6.13. The monoisotopic (exact) mass is 341 g/mol. The molecule has 24 heavy (non-hydrogen) atoms. The van der Waals surface area contributed by atoms with Gasteiger partial charge in [-0.15, -0.1) is 12.4 Å². The summed E-state index contributed by atoms with van der Waals surface area (Å²) in [5.41, 5.74) is 8.85. The number of nitrogens with two attached hydrogens (primary N) is 1. The zero-order valence-corrected chi connectivity index (χ0v) is 14.1. The van der Waals surface area contributed by atoms with E-state index in [0.29, 0.717) is 12.4 Å². The van der Waals surface area contributed by atoms with Gasteiger partial charge in [0.05, 0.1) is 5.41 Å². The van der Waals surface area contributed by atoms with Crippen molar-refractivity contribution in [2.75, 3.05) is 0 Å². The van der Waals surface area contributed by atoms with Crippen LogP contribution >= 0.6 is 12.4 Å². The first-order valence-electron chi connectivity index (χ1n) is 8.01. The van der Waals surface area contributed by atoms with Gasteiger partial charge in [0.15, 0.2) is 0 Å². The van der Waals surface area contributed by atoms with Crippen LogP contribution in [0.5, 0.6) is 0 Å². The lowest BCUT2D eigenvalue weighted by Crippen LogP contribution is -2.35. The Morgan fingerprint density at radius 3 is 2.29 bits per heavy atom. The Labute approximate surface area is 147 Å². The highest BCUT2D eigenvalue weighted by Gasteiger charge is 2.45. The van der Waals surface area contributed by atoms with Gasteiger partial charge in [-0.1, -0.05) is 66.2 Å². The normalized spacial score (nSPS) is 15.4. The molecule has 0 atom stereocenters. The Balaban J connectivity index is 0.00000169. The van der Waals surface area contributed by atoms with Crippen LogP contribution in [0.2, 0.25) is 0 Å². The zero-order chi connectivity index (χ0) is 15.7. The highest BCUT2D eigenvalue weighted by Crippen LogP contribution is 2.48. The van der Waals surface area contributed by atoms with Gasteiger partial charge in [-0.2, -0.15) is 4.98 Å². The third-order valence-electron chi connectivity index (χ3n) is 4.82. The third kappa shape index (κ3) is 2.72. The van der Waals surface area contributed by atoms with Crippen LogP contribution in [-0.4, -0.2) is 10.1 Å². The Morgan fingerprint density at radius 2 is 1.71 bits per heavy atom.